The maximum atomic E-state index is 12.6. The summed E-state index contributed by atoms with van der Waals surface area (Å²) in [7, 11) is 3.84. The molecular weight excluding hydrogens is 386 g/mol. The number of ether oxygens (including phenoxy) is 1. The van der Waals surface area contributed by atoms with Crippen molar-refractivity contribution in [3.8, 4) is 0 Å². The lowest BCUT2D eigenvalue weighted by molar-refractivity contribution is -0.142. The minimum atomic E-state index is -1.17. The van der Waals surface area contributed by atoms with Crippen molar-refractivity contribution in [1.29, 1.82) is 0 Å². The number of rotatable bonds is 7. The SMILES string of the molecule is CN(C)c1ccc(C=C(NC(=O)c2ccccc2)C2=NC(CC(=O)O)C(=O)O2)cc1. The Bertz CT molecular complexity index is 1010. The normalized spacial score (nSPS) is 15.9. The molecule has 154 valence electrons. The molecule has 1 atom stereocenters. The van der Waals surface area contributed by atoms with Gasteiger partial charge in [-0.25, -0.2) is 9.79 Å². The summed E-state index contributed by atoms with van der Waals surface area (Å²) in [6.07, 6.45) is 1.13. The Hall–Kier alpha value is -3.94. The number of nitrogens with zero attached hydrogens (tertiary/aromatic N) is 2. The van der Waals surface area contributed by atoms with Crippen LogP contribution in [0.25, 0.3) is 6.08 Å². The van der Waals surface area contributed by atoms with Gasteiger partial charge in [-0.15, -0.1) is 0 Å². The zero-order chi connectivity index (χ0) is 21.7. The van der Waals surface area contributed by atoms with E-state index < -0.39 is 30.3 Å². The van der Waals surface area contributed by atoms with Crippen molar-refractivity contribution in [2.24, 2.45) is 4.99 Å². The van der Waals surface area contributed by atoms with E-state index in [1.807, 2.05) is 43.3 Å². The fraction of sp³-hybridized carbons (Fsp3) is 0.182. The first-order chi connectivity index (χ1) is 14.3. The van der Waals surface area contributed by atoms with Crippen LogP contribution < -0.4 is 10.2 Å². The van der Waals surface area contributed by atoms with Gasteiger partial charge in [0, 0.05) is 25.3 Å². The highest BCUT2D eigenvalue weighted by molar-refractivity contribution is 6.11. The summed E-state index contributed by atoms with van der Waals surface area (Å²) in [6.45, 7) is 0. The monoisotopic (exact) mass is 407 g/mol. The molecule has 1 aliphatic rings. The van der Waals surface area contributed by atoms with Crippen LogP contribution in [0.1, 0.15) is 22.3 Å². The van der Waals surface area contributed by atoms with Gasteiger partial charge in [0.05, 0.1) is 6.42 Å². The van der Waals surface area contributed by atoms with Gasteiger partial charge in [0.1, 0.15) is 5.70 Å². The van der Waals surface area contributed by atoms with E-state index in [1.165, 1.54) is 0 Å². The number of carboxylic acids is 1. The van der Waals surface area contributed by atoms with E-state index in [0.717, 1.165) is 11.3 Å². The largest absolute Gasteiger partial charge is 0.481 e. The quantitative estimate of drug-likeness (QED) is 0.682. The molecule has 0 fully saturated rings. The first kappa shape index (κ1) is 20.8. The van der Waals surface area contributed by atoms with Gasteiger partial charge in [-0.05, 0) is 35.9 Å². The Balaban J connectivity index is 1.93. The second kappa shape index (κ2) is 9.04. The number of hydrogen-bond donors (Lipinski definition) is 2. The van der Waals surface area contributed by atoms with Gasteiger partial charge in [-0.3, -0.25) is 9.59 Å². The van der Waals surface area contributed by atoms with Gasteiger partial charge in [0.2, 0.25) is 5.90 Å². The van der Waals surface area contributed by atoms with Gasteiger partial charge in [0.15, 0.2) is 6.04 Å². The molecular formula is C22H21N3O5. The molecule has 0 aliphatic carbocycles. The number of cyclic esters (lactones) is 1. The number of carbonyl (C=O) groups is 3. The van der Waals surface area contributed by atoms with E-state index in [1.54, 1.807) is 36.4 Å². The molecule has 2 aromatic carbocycles. The lowest BCUT2D eigenvalue weighted by Crippen LogP contribution is -2.28. The predicted octanol–water partition coefficient (Wildman–Crippen LogP) is 2.32. The number of hydrogen-bond acceptors (Lipinski definition) is 6. The molecule has 1 aliphatic heterocycles. The average Bonchev–Trinajstić information content (AvgIpc) is 3.08. The van der Waals surface area contributed by atoms with E-state index in [2.05, 4.69) is 10.3 Å². The van der Waals surface area contributed by atoms with Crippen LogP contribution in [0, 0.1) is 0 Å². The fourth-order valence-corrected chi connectivity index (χ4v) is 2.77. The lowest BCUT2D eigenvalue weighted by atomic mass is 10.1. The molecule has 1 unspecified atom stereocenters. The predicted molar refractivity (Wildman–Crippen MR) is 112 cm³/mol. The zero-order valence-electron chi connectivity index (χ0n) is 16.5. The van der Waals surface area contributed by atoms with Crippen LogP contribution >= 0.6 is 0 Å². The minimum Gasteiger partial charge on any atom is -0.481 e. The van der Waals surface area contributed by atoms with Crippen LogP contribution in [0.2, 0.25) is 0 Å². The molecule has 0 radical (unpaired) electrons. The van der Waals surface area contributed by atoms with Gasteiger partial charge in [-0.2, -0.15) is 0 Å². The van der Waals surface area contributed by atoms with E-state index >= 15 is 0 Å². The molecule has 30 heavy (non-hydrogen) atoms. The van der Waals surface area contributed by atoms with Gasteiger partial charge >= 0.3 is 11.9 Å². The van der Waals surface area contributed by atoms with Crippen molar-refractivity contribution < 1.29 is 24.2 Å². The topological polar surface area (TPSA) is 108 Å². The second-order valence-electron chi connectivity index (χ2n) is 6.83. The number of carboxylic acid groups (broad SMARTS) is 1. The number of nitrogens with one attached hydrogen (secondary N) is 1. The third-order valence-electron chi connectivity index (χ3n) is 4.35. The Morgan fingerprint density at radius 1 is 1.13 bits per heavy atom. The number of benzene rings is 2. The van der Waals surface area contributed by atoms with E-state index in [9.17, 15) is 14.4 Å². The smallest absolute Gasteiger partial charge is 0.338 e. The van der Waals surface area contributed by atoms with E-state index in [4.69, 9.17) is 9.84 Å². The Kier molecular flexibility index (Phi) is 6.26. The van der Waals surface area contributed by atoms with Crippen LogP contribution in [-0.4, -0.2) is 49.0 Å². The summed E-state index contributed by atoms with van der Waals surface area (Å²) in [6, 6.07) is 14.9. The average molecular weight is 407 g/mol. The van der Waals surface area contributed by atoms with Crippen molar-refractivity contribution in [2.45, 2.75) is 12.5 Å². The molecule has 8 heteroatoms. The molecule has 0 bridgehead atoms. The molecule has 0 saturated carbocycles. The third kappa shape index (κ3) is 5.11. The van der Waals surface area contributed by atoms with Gasteiger partial charge < -0.3 is 20.1 Å². The maximum absolute atomic E-state index is 12.6. The zero-order valence-corrected chi connectivity index (χ0v) is 16.5. The summed E-state index contributed by atoms with van der Waals surface area (Å²) < 4.78 is 5.16. The molecule has 0 aromatic heterocycles. The molecule has 0 saturated heterocycles. The molecule has 8 nitrogen and oxygen atoms in total. The highest BCUT2D eigenvalue weighted by Crippen LogP contribution is 2.19. The number of anilines is 1. The highest BCUT2D eigenvalue weighted by Gasteiger charge is 2.33. The second-order valence-corrected chi connectivity index (χ2v) is 6.83. The highest BCUT2D eigenvalue weighted by atomic mass is 16.6. The standard InChI is InChI=1S/C22H21N3O5/c1-25(2)16-10-8-14(9-11-16)12-17(23-20(28)15-6-4-3-5-7-15)21-24-18(13-19(26)27)22(29)30-21/h3-12,18H,13H2,1-2H3,(H,23,28)(H,26,27). The minimum absolute atomic E-state index is 0.118. The fourth-order valence-electron chi connectivity index (χ4n) is 2.77. The summed E-state index contributed by atoms with van der Waals surface area (Å²) in [5, 5.41) is 11.7. The van der Waals surface area contributed by atoms with Crippen LogP contribution in [0.3, 0.4) is 0 Å². The first-order valence-electron chi connectivity index (χ1n) is 9.20. The van der Waals surface area contributed by atoms with Crippen LogP contribution in [0.15, 0.2) is 65.3 Å². The summed E-state index contributed by atoms with van der Waals surface area (Å²) in [5.74, 6) is -2.46. The van der Waals surface area contributed by atoms with Gasteiger partial charge in [0.25, 0.3) is 5.91 Å². The molecule has 2 aromatic rings. The first-order valence-corrected chi connectivity index (χ1v) is 9.20. The molecule has 3 rings (SSSR count). The van der Waals surface area contributed by atoms with Crippen LogP contribution in [0.4, 0.5) is 5.69 Å². The van der Waals surface area contributed by atoms with E-state index in [0.29, 0.717) is 5.56 Å². The Labute approximate surface area is 173 Å². The third-order valence-corrected chi connectivity index (χ3v) is 4.35. The van der Waals surface area contributed by atoms with Gasteiger partial charge in [-0.1, -0.05) is 30.3 Å². The number of amides is 1. The van der Waals surface area contributed by atoms with Crippen LogP contribution in [-0.2, 0) is 14.3 Å². The Morgan fingerprint density at radius 2 is 1.80 bits per heavy atom. The number of aliphatic imine (C=N–C) groups is 1. The van der Waals surface area contributed by atoms with Crippen molar-refractivity contribution in [3.05, 3.63) is 71.4 Å². The van der Waals surface area contributed by atoms with Crippen molar-refractivity contribution in [2.75, 3.05) is 19.0 Å². The number of aliphatic carboxylic acids is 1. The molecule has 2 N–H and O–H groups in total. The van der Waals surface area contributed by atoms with Crippen molar-refractivity contribution in [3.63, 3.8) is 0 Å². The Morgan fingerprint density at radius 3 is 2.40 bits per heavy atom. The van der Waals surface area contributed by atoms with Crippen molar-refractivity contribution in [1.82, 2.24) is 5.32 Å². The molecule has 1 heterocycles. The summed E-state index contributed by atoms with van der Waals surface area (Å²) in [5.41, 5.74) is 2.32. The summed E-state index contributed by atoms with van der Waals surface area (Å²) in [4.78, 5) is 41.6. The molecule has 0 spiro atoms. The molecule has 1 amide bonds. The van der Waals surface area contributed by atoms with E-state index in [-0.39, 0.29) is 11.6 Å². The van der Waals surface area contributed by atoms with Crippen molar-refractivity contribution >= 4 is 35.5 Å². The maximum Gasteiger partial charge on any atom is 0.338 e. The number of esters is 1. The van der Waals surface area contributed by atoms with Crippen LogP contribution in [0.5, 0.6) is 0 Å². The lowest BCUT2D eigenvalue weighted by Gasteiger charge is -2.13. The number of carbonyl (C=O) groups excluding carboxylic acids is 2. The summed E-state index contributed by atoms with van der Waals surface area (Å²) >= 11 is 0.